The Morgan fingerprint density at radius 1 is 1.21 bits per heavy atom. The molecule has 0 aliphatic rings. The summed E-state index contributed by atoms with van der Waals surface area (Å²) in [6, 6.07) is 8.92. The predicted octanol–water partition coefficient (Wildman–Crippen LogP) is 4.09. The zero-order valence-electron chi connectivity index (χ0n) is 15.5. The zero-order chi connectivity index (χ0) is 20.3. The summed E-state index contributed by atoms with van der Waals surface area (Å²) in [4.78, 5) is 27.8. The maximum atomic E-state index is 13.3. The Morgan fingerprint density at radius 2 is 1.93 bits per heavy atom. The minimum atomic E-state index is -1.04. The Kier molecular flexibility index (Phi) is 5.81. The van der Waals surface area contributed by atoms with Crippen molar-refractivity contribution < 1.29 is 14.0 Å². The third-order valence-electron chi connectivity index (χ3n) is 3.72. The van der Waals surface area contributed by atoms with E-state index in [1.54, 1.807) is 36.4 Å². The summed E-state index contributed by atoms with van der Waals surface area (Å²) in [7, 11) is 0. The second-order valence-electron chi connectivity index (χ2n) is 7.10. The van der Waals surface area contributed by atoms with E-state index in [9.17, 15) is 9.59 Å². The van der Waals surface area contributed by atoms with Crippen molar-refractivity contribution in [2.45, 2.75) is 32.4 Å². The normalized spacial score (nSPS) is 12.4. The predicted molar refractivity (Wildman–Crippen MR) is 108 cm³/mol. The average molecular weight is 419 g/mol. The van der Waals surface area contributed by atoms with Crippen LogP contribution in [0.1, 0.15) is 43.1 Å². The number of aromatic nitrogens is 2. The zero-order valence-corrected chi connectivity index (χ0v) is 17.1. The van der Waals surface area contributed by atoms with Crippen LogP contribution in [0.5, 0.6) is 0 Å². The molecular formula is C19H19ClN4O3S. The smallest absolute Gasteiger partial charge is 0.280 e. The molecule has 0 saturated carbocycles. The largest absolute Gasteiger partial charge is 0.467 e. The summed E-state index contributed by atoms with van der Waals surface area (Å²) in [6.07, 6.45) is 1.46. The van der Waals surface area contributed by atoms with E-state index in [-0.39, 0.29) is 11.6 Å². The maximum absolute atomic E-state index is 13.3. The maximum Gasteiger partial charge on any atom is 0.280 e. The fourth-order valence-electron chi connectivity index (χ4n) is 2.62. The highest BCUT2D eigenvalue weighted by Crippen LogP contribution is 2.31. The van der Waals surface area contributed by atoms with Crippen LogP contribution in [0.25, 0.3) is 0 Å². The monoisotopic (exact) mass is 418 g/mol. The molecular weight excluding hydrogens is 400 g/mol. The second kappa shape index (κ2) is 8.12. The van der Waals surface area contributed by atoms with Crippen molar-refractivity contribution in [3.63, 3.8) is 0 Å². The van der Waals surface area contributed by atoms with Crippen LogP contribution < -0.4 is 10.2 Å². The van der Waals surface area contributed by atoms with E-state index in [2.05, 4.69) is 14.9 Å². The van der Waals surface area contributed by atoms with Gasteiger partial charge >= 0.3 is 0 Å². The lowest BCUT2D eigenvalue weighted by molar-refractivity contribution is -0.124. The fourth-order valence-corrected chi connectivity index (χ4v) is 3.18. The number of carbonyl (C=O) groups excluding carboxylic acids is 2. The van der Waals surface area contributed by atoms with Crippen molar-refractivity contribution in [1.82, 2.24) is 14.9 Å². The minimum absolute atomic E-state index is 0.139. The van der Waals surface area contributed by atoms with Crippen molar-refractivity contribution in [3.05, 3.63) is 64.5 Å². The van der Waals surface area contributed by atoms with Crippen LogP contribution in [0, 0.1) is 0 Å². The summed E-state index contributed by atoms with van der Waals surface area (Å²) in [5.74, 6) is -0.524. The molecule has 7 nitrogen and oxygen atoms in total. The molecule has 3 rings (SSSR count). The lowest BCUT2D eigenvalue weighted by Gasteiger charge is -2.32. The summed E-state index contributed by atoms with van der Waals surface area (Å²) < 4.78 is 9.27. The Hall–Kier alpha value is -2.71. The Morgan fingerprint density at radius 3 is 2.46 bits per heavy atom. The van der Waals surface area contributed by atoms with Gasteiger partial charge in [-0.2, -0.15) is 0 Å². The Labute approximate surface area is 171 Å². The van der Waals surface area contributed by atoms with Crippen molar-refractivity contribution in [2.75, 3.05) is 4.90 Å². The molecule has 0 unspecified atom stereocenters. The van der Waals surface area contributed by atoms with Crippen molar-refractivity contribution in [1.29, 1.82) is 0 Å². The van der Waals surface area contributed by atoms with Gasteiger partial charge in [-0.25, -0.2) is 0 Å². The number of hydrogen-bond donors (Lipinski definition) is 1. The van der Waals surface area contributed by atoms with E-state index in [4.69, 9.17) is 16.0 Å². The van der Waals surface area contributed by atoms with Gasteiger partial charge in [0.2, 0.25) is 0 Å². The molecule has 1 aromatic carbocycles. The summed E-state index contributed by atoms with van der Waals surface area (Å²) >= 11 is 7.06. The first kappa shape index (κ1) is 20.0. The van der Waals surface area contributed by atoms with Crippen LogP contribution >= 0.6 is 23.1 Å². The first-order valence-corrected chi connectivity index (χ1v) is 9.69. The Balaban J connectivity index is 2.12. The van der Waals surface area contributed by atoms with Gasteiger partial charge in [-0.05, 0) is 68.7 Å². The van der Waals surface area contributed by atoms with Gasteiger partial charge in [-0.3, -0.25) is 14.5 Å². The fraction of sp³-hybridized carbons (Fsp3) is 0.263. The lowest BCUT2D eigenvalue weighted by atomic mass is 10.1. The summed E-state index contributed by atoms with van der Waals surface area (Å²) in [5, 5.41) is 8.83. The van der Waals surface area contributed by atoms with E-state index < -0.39 is 17.5 Å². The highest BCUT2D eigenvalue weighted by molar-refractivity contribution is 7.03. The van der Waals surface area contributed by atoms with Crippen LogP contribution in [0.2, 0.25) is 5.02 Å². The number of hydrogen-bond acceptors (Lipinski definition) is 6. The molecule has 2 heterocycles. The molecule has 1 N–H and O–H groups in total. The molecule has 1 atom stereocenters. The topological polar surface area (TPSA) is 88.3 Å². The molecule has 0 spiro atoms. The first-order valence-electron chi connectivity index (χ1n) is 8.48. The molecule has 0 radical (unpaired) electrons. The average Bonchev–Trinajstić information content (AvgIpc) is 3.32. The quantitative estimate of drug-likeness (QED) is 0.674. The van der Waals surface area contributed by atoms with Gasteiger partial charge in [0.15, 0.2) is 11.7 Å². The molecule has 28 heavy (non-hydrogen) atoms. The molecule has 2 aromatic heterocycles. The molecule has 146 valence electrons. The van der Waals surface area contributed by atoms with E-state index in [1.165, 1.54) is 16.5 Å². The molecule has 0 aliphatic heterocycles. The van der Waals surface area contributed by atoms with Gasteiger partial charge in [-0.15, -0.1) is 5.10 Å². The summed E-state index contributed by atoms with van der Waals surface area (Å²) in [6.45, 7) is 5.59. The van der Waals surface area contributed by atoms with Gasteiger partial charge in [0.1, 0.15) is 5.76 Å². The van der Waals surface area contributed by atoms with Crippen molar-refractivity contribution in [2.24, 2.45) is 0 Å². The molecule has 0 aliphatic carbocycles. The molecule has 2 amide bonds. The number of furan rings is 1. The SMILES string of the molecule is CC(C)(C)NC(=O)[C@H](c1ccco1)N(C(=O)c1csnn1)c1ccc(Cl)cc1. The first-order chi connectivity index (χ1) is 13.3. The molecule has 3 aromatic rings. The number of nitrogens with zero attached hydrogens (tertiary/aromatic N) is 3. The van der Waals surface area contributed by atoms with E-state index in [0.29, 0.717) is 16.5 Å². The van der Waals surface area contributed by atoms with Gasteiger partial charge in [0, 0.05) is 21.6 Å². The standard InChI is InChI=1S/C19H19ClN4O3S/c1-19(2,3)21-17(25)16(15-5-4-10-27-15)24(13-8-6-12(20)7-9-13)18(26)14-11-28-23-22-14/h4-11,16H,1-3H3,(H,21,25)/t16-/m0/s1. The van der Waals surface area contributed by atoms with E-state index in [0.717, 1.165) is 11.5 Å². The van der Waals surface area contributed by atoms with Gasteiger partial charge in [0.05, 0.1) is 6.26 Å². The van der Waals surface area contributed by atoms with E-state index in [1.807, 2.05) is 20.8 Å². The lowest BCUT2D eigenvalue weighted by Crippen LogP contribution is -2.49. The molecule has 0 saturated heterocycles. The van der Waals surface area contributed by atoms with Crippen LogP contribution in [0.15, 0.2) is 52.5 Å². The highest BCUT2D eigenvalue weighted by Gasteiger charge is 2.37. The third-order valence-corrected chi connectivity index (χ3v) is 4.48. The van der Waals surface area contributed by atoms with Gasteiger partial charge in [-0.1, -0.05) is 16.1 Å². The third kappa shape index (κ3) is 4.58. The van der Waals surface area contributed by atoms with Crippen LogP contribution in [0.4, 0.5) is 5.69 Å². The van der Waals surface area contributed by atoms with Crippen LogP contribution in [0.3, 0.4) is 0 Å². The number of benzene rings is 1. The number of carbonyl (C=O) groups is 2. The number of rotatable bonds is 5. The molecule has 0 bridgehead atoms. The highest BCUT2D eigenvalue weighted by atomic mass is 35.5. The number of amides is 2. The van der Waals surface area contributed by atoms with Crippen LogP contribution in [-0.2, 0) is 4.79 Å². The second-order valence-corrected chi connectivity index (χ2v) is 8.15. The van der Waals surface area contributed by atoms with Gasteiger partial charge in [0.25, 0.3) is 11.8 Å². The van der Waals surface area contributed by atoms with Crippen LogP contribution in [-0.4, -0.2) is 26.9 Å². The Bertz CT molecular complexity index is 935. The number of halogens is 1. The van der Waals surface area contributed by atoms with Crippen molar-refractivity contribution >= 4 is 40.6 Å². The molecule has 9 heteroatoms. The number of nitrogens with one attached hydrogen (secondary N) is 1. The molecule has 0 fully saturated rings. The van der Waals surface area contributed by atoms with Gasteiger partial charge < -0.3 is 9.73 Å². The summed E-state index contributed by atoms with van der Waals surface area (Å²) in [5.41, 5.74) is 0.117. The van der Waals surface area contributed by atoms with E-state index >= 15 is 0 Å². The van der Waals surface area contributed by atoms with Crippen molar-refractivity contribution in [3.8, 4) is 0 Å². The minimum Gasteiger partial charge on any atom is -0.467 e. The number of anilines is 1.